The average Bonchev–Trinajstić information content (AvgIpc) is 2.59. The molecule has 0 amide bonds. The van der Waals surface area contributed by atoms with Crippen LogP contribution in [0.1, 0.15) is 32.6 Å². The van der Waals surface area contributed by atoms with E-state index in [0.29, 0.717) is 5.54 Å². The van der Waals surface area contributed by atoms with E-state index in [0.717, 1.165) is 6.04 Å². The number of hydrogen-bond acceptors (Lipinski definition) is 2. The molecule has 0 aromatic rings. The quantitative estimate of drug-likeness (QED) is 0.633. The lowest BCUT2D eigenvalue weighted by Crippen LogP contribution is -2.52. The maximum Gasteiger partial charge on any atom is 0.0309 e. The van der Waals surface area contributed by atoms with Crippen LogP contribution in [-0.2, 0) is 0 Å². The third-order valence-electron chi connectivity index (χ3n) is 3.66. The first kappa shape index (κ1) is 8.52. The Bertz CT molecular complexity index is 161. The molecule has 0 aromatic heterocycles. The van der Waals surface area contributed by atoms with Crippen molar-refractivity contribution in [2.24, 2.45) is 0 Å². The van der Waals surface area contributed by atoms with Crippen molar-refractivity contribution in [3.8, 4) is 0 Å². The Morgan fingerprint density at radius 3 is 2.75 bits per heavy atom. The van der Waals surface area contributed by atoms with Gasteiger partial charge in [0, 0.05) is 11.6 Å². The van der Waals surface area contributed by atoms with Gasteiger partial charge in [-0.2, -0.15) is 0 Å². The molecule has 2 heterocycles. The highest BCUT2D eigenvalue weighted by Crippen LogP contribution is 2.31. The summed E-state index contributed by atoms with van der Waals surface area (Å²) in [4.78, 5) is 2.53. The van der Waals surface area contributed by atoms with E-state index in [4.69, 9.17) is 0 Å². The molecule has 0 aliphatic carbocycles. The molecule has 1 N–H and O–H groups in total. The minimum Gasteiger partial charge on any atom is -0.310 e. The highest BCUT2D eigenvalue weighted by molar-refractivity contribution is 5.01. The SMILES string of the molecule is CN1CCCC1C1(C)CCCN1. The zero-order chi connectivity index (χ0) is 8.60. The number of likely N-dealkylation sites (tertiary alicyclic amines) is 1. The van der Waals surface area contributed by atoms with Gasteiger partial charge in [0.05, 0.1) is 0 Å². The van der Waals surface area contributed by atoms with Crippen molar-refractivity contribution in [3.63, 3.8) is 0 Å². The summed E-state index contributed by atoms with van der Waals surface area (Å²) >= 11 is 0. The van der Waals surface area contributed by atoms with Crippen LogP contribution in [0.5, 0.6) is 0 Å². The van der Waals surface area contributed by atoms with Crippen LogP contribution in [0.4, 0.5) is 0 Å². The van der Waals surface area contributed by atoms with Crippen LogP contribution < -0.4 is 5.32 Å². The summed E-state index contributed by atoms with van der Waals surface area (Å²) in [6, 6.07) is 0.792. The van der Waals surface area contributed by atoms with Crippen molar-refractivity contribution in [2.45, 2.75) is 44.2 Å². The molecule has 0 bridgehead atoms. The van der Waals surface area contributed by atoms with Gasteiger partial charge >= 0.3 is 0 Å². The van der Waals surface area contributed by atoms with Crippen molar-refractivity contribution in [1.82, 2.24) is 10.2 Å². The minimum absolute atomic E-state index is 0.422. The standard InChI is InChI=1S/C10H20N2/c1-10(6-4-7-11-10)9-5-3-8-12(9)2/h9,11H,3-8H2,1-2H3. The molecule has 12 heavy (non-hydrogen) atoms. The summed E-state index contributed by atoms with van der Waals surface area (Å²) in [7, 11) is 2.27. The Morgan fingerprint density at radius 2 is 2.25 bits per heavy atom. The van der Waals surface area contributed by atoms with Gasteiger partial charge in [-0.3, -0.25) is 0 Å². The van der Waals surface area contributed by atoms with Gasteiger partial charge in [0.2, 0.25) is 0 Å². The van der Waals surface area contributed by atoms with E-state index in [9.17, 15) is 0 Å². The zero-order valence-electron chi connectivity index (χ0n) is 8.27. The largest absolute Gasteiger partial charge is 0.310 e. The van der Waals surface area contributed by atoms with Crippen molar-refractivity contribution in [2.75, 3.05) is 20.1 Å². The predicted octanol–water partition coefficient (Wildman–Crippen LogP) is 1.22. The van der Waals surface area contributed by atoms with Crippen molar-refractivity contribution >= 4 is 0 Å². The smallest absolute Gasteiger partial charge is 0.0309 e. The van der Waals surface area contributed by atoms with Crippen LogP contribution in [0.3, 0.4) is 0 Å². The monoisotopic (exact) mass is 168 g/mol. The van der Waals surface area contributed by atoms with Gasteiger partial charge in [-0.25, -0.2) is 0 Å². The second-order valence-corrected chi connectivity index (χ2v) is 4.59. The Balaban J connectivity index is 2.06. The molecule has 2 unspecified atom stereocenters. The minimum atomic E-state index is 0.422. The first-order valence-corrected chi connectivity index (χ1v) is 5.18. The molecule has 70 valence electrons. The second-order valence-electron chi connectivity index (χ2n) is 4.59. The molecule has 2 atom stereocenters. The maximum absolute atomic E-state index is 3.66. The summed E-state index contributed by atoms with van der Waals surface area (Å²) < 4.78 is 0. The molecule has 2 nitrogen and oxygen atoms in total. The number of nitrogens with zero attached hydrogens (tertiary/aromatic N) is 1. The second kappa shape index (κ2) is 3.00. The van der Waals surface area contributed by atoms with Gasteiger partial charge < -0.3 is 10.2 Å². The van der Waals surface area contributed by atoms with Gasteiger partial charge in [-0.1, -0.05) is 0 Å². The lowest BCUT2D eigenvalue weighted by Gasteiger charge is -2.36. The molecule has 0 saturated carbocycles. The highest BCUT2D eigenvalue weighted by atomic mass is 15.2. The number of likely N-dealkylation sites (N-methyl/N-ethyl adjacent to an activating group) is 1. The average molecular weight is 168 g/mol. The summed E-state index contributed by atoms with van der Waals surface area (Å²) in [5.41, 5.74) is 0.422. The predicted molar refractivity (Wildman–Crippen MR) is 51.3 cm³/mol. The normalized spacial score (nSPS) is 44.0. The number of rotatable bonds is 1. The molecule has 2 heteroatoms. The summed E-state index contributed by atoms with van der Waals surface area (Å²) in [6.07, 6.45) is 5.50. The fourth-order valence-electron chi connectivity index (χ4n) is 2.92. The third kappa shape index (κ3) is 1.27. The first-order valence-electron chi connectivity index (χ1n) is 5.18. The lowest BCUT2D eigenvalue weighted by atomic mass is 9.89. The Hall–Kier alpha value is -0.0800. The fourth-order valence-corrected chi connectivity index (χ4v) is 2.92. The molecule has 2 fully saturated rings. The summed E-state index contributed by atoms with van der Waals surface area (Å²) in [6.45, 7) is 4.91. The van der Waals surface area contributed by atoms with E-state index >= 15 is 0 Å². The molecule has 0 spiro atoms. The van der Waals surface area contributed by atoms with Crippen molar-refractivity contribution in [1.29, 1.82) is 0 Å². The highest BCUT2D eigenvalue weighted by Gasteiger charge is 2.40. The Kier molecular flexibility index (Phi) is 2.13. The number of nitrogens with one attached hydrogen (secondary N) is 1. The van der Waals surface area contributed by atoms with E-state index in [1.54, 1.807) is 0 Å². The Labute approximate surface area is 75.3 Å². The van der Waals surface area contributed by atoms with E-state index < -0.39 is 0 Å². The van der Waals surface area contributed by atoms with E-state index in [-0.39, 0.29) is 0 Å². The topological polar surface area (TPSA) is 15.3 Å². The maximum atomic E-state index is 3.66. The summed E-state index contributed by atoms with van der Waals surface area (Å²) in [5, 5.41) is 3.66. The third-order valence-corrected chi connectivity index (χ3v) is 3.66. The zero-order valence-corrected chi connectivity index (χ0v) is 8.27. The van der Waals surface area contributed by atoms with Gasteiger partial charge in [0.1, 0.15) is 0 Å². The van der Waals surface area contributed by atoms with Crippen LogP contribution in [0.2, 0.25) is 0 Å². The molecule has 2 saturated heterocycles. The van der Waals surface area contributed by atoms with Gasteiger partial charge in [-0.15, -0.1) is 0 Å². The van der Waals surface area contributed by atoms with Crippen LogP contribution in [0.15, 0.2) is 0 Å². The van der Waals surface area contributed by atoms with Crippen LogP contribution in [0, 0.1) is 0 Å². The first-order chi connectivity index (χ1) is 5.72. The van der Waals surface area contributed by atoms with Crippen LogP contribution in [-0.4, -0.2) is 36.6 Å². The van der Waals surface area contributed by atoms with Gasteiger partial charge in [-0.05, 0) is 52.7 Å². The number of hydrogen-bond donors (Lipinski definition) is 1. The van der Waals surface area contributed by atoms with Crippen LogP contribution >= 0.6 is 0 Å². The molecule has 2 rings (SSSR count). The molecule has 2 aliphatic heterocycles. The van der Waals surface area contributed by atoms with Gasteiger partial charge in [0.25, 0.3) is 0 Å². The van der Waals surface area contributed by atoms with Crippen molar-refractivity contribution in [3.05, 3.63) is 0 Å². The van der Waals surface area contributed by atoms with E-state index in [1.807, 2.05) is 0 Å². The van der Waals surface area contributed by atoms with Crippen LogP contribution in [0.25, 0.3) is 0 Å². The molecule has 0 radical (unpaired) electrons. The van der Waals surface area contributed by atoms with E-state index in [1.165, 1.54) is 38.8 Å². The van der Waals surface area contributed by atoms with Crippen molar-refractivity contribution < 1.29 is 0 Å². The molecule has 2 aliphatic rings. The molecular formula is C10H20N2. The molecule has 0 aromatic carbocycles. The Morgan fingerprint density at radius 1 is 1.42 bits per heavy atom. The summed E-state index contributed by atoms with van der Waals surface area (Å²) in [5.74, 6) is 0. The lowest BCUT2D eigenvalue weighted by molar-refractivity contribution is 0.187. The molecular weight excluding hydrogens is 148 g/mol. The van der Waals surface area contributed by atoms with Gasteiger partial charge in [0.15, 0.2) is 0 Å². The fraction of sp³-hybridized carbons (Fsp3) is 1.00. The van der Waals surface area contributed by atoms with E-state index in [2.05, 4.69) is 24.2 Å².